The van der Waals surface area contributed by atoms with Crippen molar-refractivity contribution >= 4 is 17.5 Å². The minimum atomic E-state index is 0.266. The molecule has 0 saturated carbocycles. The second-order valence-electron chi connectivity index (χ2n) is 5.38. The number of hydrogen-bond acceptors (Lipinski definition) is 1. The van der Waals surface area contributed by atoms with Crippen molar-refractivity contribution < 1.29 is 4.79 Å². The highest BCUT2D eigenvalue weighted by molar-refractivity contribution is 6.17. The second kappa shape index (κ2) is 6.95. The third-order valence-corrected chi connectivity index (χ3v) is 4.07. The average Bonchev–Trinajstić information content (AvgIpc) is 2.84. The molecule has 1 aliphatic rings. The van der Waals surface area contributed by atoms with E-state index in [0.29, 0.717) is 18.3 Å². The summed E-state index contributed by atoms with van der Waals surface area (Å²) in [5.41, 5.74) is 2.33. The van der Waals surface area contributed by atoms with Crippen molar-refractivity contribution in [3.8, 4) is 0 Å². The van der Waals surface area contributed by atoms with Gasteiger partial charge in [0.15, 0.2) is 0 Å². The normalized spacial score (nSPS) is 18.8. The molecule has 0 aromatic heterocycles. The smallest absolute Gasteiger partial charge is 0.227 e. The minimum absolute atomic E-state index is 0.266. The molecule has 1 fully saturated rings. The first kappa shape index (κ1) is 14.4. The average molecular weight is 280 g/mol. The number of hydrogen-bond donors (Lipinski definition) is 0. The maximum atomic E-state index is 12.4. The molecule has 2 nitrogen and oxygen atoms in total. The number of alkyl halides is 1. The molecule has 2 rings (SSSR count). The van der Waals surface area contributed by atoms with Gasteiger partial charge in [0.05, 0.1) is 6.42 Å². The molecule has 104 valence electrons. The molecular weight excluding hydrogens is 258 g/mol. The van der Waals surface area contributed by atoms with E-state index < -0.39 is 0 Å². The number of carbonyl (C=O) groups is 1. The molecule has 1 unspecified atom stereocenters. The van der Waals surface area contributed by atoms with Gasteiger partial charge >= 0.3 is 0 Å². The van der Waals surface area contributed by atoms with Crippen LogP contribution in [-0.2, 0) is 11.2 Å². The van der Waals surface area contributed by atoms with Crippen LogP contribution in [0.3, 0.4) is 0 Å². The highest BCUT2D eigenvalue weighted by Crippen LogP contribution is 2.22. The predicted octanol–water partition coefficient (Wildman–Crippen LogP) is 3.55. The Hall–Kier alpha value is -1.02. The van der Waals surface area contributed by atoms with Crippen molar-refractivity contribution in [1.29, 1.82) is 0 Å². The van der Waals surface area contributed by atoms with Crippen LogP contribution < -0.4 is 0 Å². The molecule has 1 aromatic carbocycles. The van der Waals surface area contributed by atoms with Gasteiger partial charge in [0.1, 0.15) is 0 Å². The Kier molecular flexibility index (Phi) is 5.26. The lowest BCUT2D eigenvalue weighted by Gasteiger charge is -2.24. The first-order valence-corrected chi connectivity index (χ1v) is 7.65. The number of halogens is 1. The quantitative estimate of drug-likeness (QED) is 0.755. The van der Waals surface area contributed by atoms with Crippen LogP contribution in [0.4, 0.5) is 0 Å². The number of rotatable bonds is 5. The third-order valence-electron chi connectivity index (χ3n) is 3.81. The van der Waals surface area contributed by atoms with Gasteiger partial charge in [-0.05, 0) is 38.2 Å². The Morgan fingerprint density at radius 3 is 3.05 bits per heavy atom. The zero-order chi connectivity index (χ0) is 13.7. The number of likely N-dealkylation sites (tertiary alicyclic amines) is 1. The van der Waals surface area contributed by atoms with Gasteiger partial charge < -0.3 is 4.90 Å². The van der Waals surface area contributed by atoms with E-state index in [4.69, 9.17) is 11.6 Å². The molecule has 0 aliphatic carbocycles. The van der Waals surface area contributed by atoms with Crippen molar-refractivity contribution in [2.45, 2.75) is 45.1 Å². The van der Waals surface area contributed by atoms with Crippen LogP contribution in [0.2, 0.25) is 0 Å². The summed E-state index contributed by atoms with van der Waals surface area (Å²) in [5.74, 6) is 0.957. The topological polar surface area (TPSA) is 20.3 Å². The lowest BCUT2D eigenvalue weighted by atomic mass is 10.1. The van der Waals surface area contributed by atoms with Crippen LogP contribution in [0.15, 0.2) is 24.3 Å². The van der Waals surface area contributed by atoms with Crippen molar-refractivity contribution in [2.24, 2.45) is 0 Å². The highest BCUT2D eigenvalue weighted by Gasteiger charge is 2.27. The minimum Gasteiger partial charge on any atom is -0.339 e. The number of amides is 1. The van der Waals surface area contributed by atoms with Crippen LogP contribution in [-0.4, -0.2) is 29.3 Å². The van der Waals surface area contributed by atoms with Gasteiger partial charge in [-0.15, -0.1) is 11.6 Å². The summed E-state index contributed by atoms with van der Waals surface area (Å²) in [6.07, 6.45) is 4.84. The highest BCUT2D eigenvalue weighted by atomic mass is 35.5. The molecule has 19 heavy (non-hydrogen) atoms. The SMILES string of the molecule is Cc1cccc(CC(=O)N2CCCC2CCCCl)c1. The molecule has 3 heteroatoms. The fourth-order valence-electron chi connectivity index (χ4n) is 2.88. The van der Waals surface area contributed by atoms with Crippen molar-refractivity contribution in [2.75, 3.05) is 12.4 Å². The van der Waals surface area contributed by atoms with Crippen LogP contribution >= 0.6 is 11.6 Å². The van der Waals surface area contributed by atoms with Gasteiger partial charge in [-0.2, -0.15) is 0 Å². The van der Waals surface area contributed by atoms with Crippen molar-refractivity contribution in [1.82, 2.24) is 4.90 Å². The standard InChI is InChI=1S/C16H22ClNO/c1-13-5-2-6-14(11-13)12-16(19)18-10-4-8-15(18)7-3-9-17/h2,5-6,11,15H,3-4,7-10,12H2,1H3. The van der Waals surface area contributed by atoms with Crippen LogP contribution in [0.25, 0.3) is 0 Å². The fraction of sp³-hybridized carbons (Fsp3) is 0.562. The fourth-order valence-corrected chi connectivity index (χ4v) is 3.03. The van der Waals surface area contributed by atoms with E-state index in [1.165, 1.54) is 5.56 Å². The molecule has 1 atom stereocenters. The molecule has 0 radical (unpaired) electrons. The summed E-state index contributed by atoms with van der Waals surface area (Å²) in [6.45, 7) is 2.98. The van der Waals surface area contributed by atoms with Gasteiger partial charge in [-0.1, -0.05) is 29.8 Å². The predicted molar refractivity (Wildman–Crippen MR) is 79.6 cm³/mol. The Morgan fingerprint density at radius 2 is 2.32 bits per heavy atom. The molecule has 0 bridgehead atoms. The van der Waals surface area contributed by atoms with E-state index in [9.17, 15) is 4.79 Å². The lowest BCUT2D eigenvalue weighted by Crippen LogP contribution is -2.36. The van der Waals surface area contributed by atoms with E-state index in [-0.39, 0.29) is 5.91 Å². The number of benzene rings is 1. The Labute approximate surface area is 120 Å². The molecule has 1 heterocycles. The summed E-state index contributed by atoms with van der Waals surface area (Å²) in [6, 6.07) is 8.63. The maximum Gasteiger partial charge on any atom is 0.227 e. The third kappa shape index (κ3) is 3.97. The van der Waals surface area contributed by atoms with E-state index in [2.05, 4.69) is 24.0 Å². The first-order valence-electron chi connectivity index (χ1n) is 7.11. The number of aryl methyl sites for hydroxylation is 1. The summed E-state index contributed by atoms with van der Waals surface area (Å²) < 4.78 is 0. The van der Waals surface area contributed by atoms with Gasteiger partial charge in [-0.25, -0.2) is 0 Å². The Balaban J connectivity index is 1.95. The van der Waals surface area contributed by atoms with Crippen molar-refractivity contribution in [3.63, 3.8) is 0 Å². The van der Waals surface area contributed by atoms with E-state index >= 15 is 0 Å². The second-order valence-corrected chi connectivity index (χ2v) is 5.76. The first-order chi connectivity index (χ1) is 9.20. The summed E-state index contributed by atoms with van der Waals surface area (Å²) in [7, 11) is 0. The summed E-state index contributed by atoms with van der Waals surface area (Å²) in [5, 5.41) is 0. The molecule has 1 aliphatic heterocycles. The molecule has 1 amide bonds. The van der Waals surface area contributed by atoms with Gasteiger partial charge in [0.2, 0.25) is 5.91 Å². The van der Waals surface area contributed by atoms with Crippen molar-refractivity contribution in [3.05, 3.63) is 35.4 Å². The van der Waals surface area contributed by atoms with E-state index in [1.807, 2.05) is 12.1 Å². The largest absolute Gasteiger partial charge is 0.339 e. The number of nitrogens with zero attached hydrogens (tertiary/aromatic N) is 1. The molecule has 0 N–H and O–H groups in total. The Morgan fingerprint density at radius 1 is 1.47 bits per heavy atom. The lowest BCUT2D eigenvalue weighted by molar-refractivity contribution is -0.131. The van der Waals surface area contributed by atoms with Crippen LogP contribution in [0, 0.1) is 6.92 Å². The zero-order valence-corrected chi connectivity index (χ0v) is 12.3. The van der Waals surface area contributed by atoms with Crippen LogP contribution in [0.1, 0.15) is 36.8 Å². The maximum absolute atomic E-state index is 12.4. The summed E-state index contributed by atoms with van der Waals surface area (Å²) >= 11 is 5.75. The van der Waals surface area contributed by atoms with E-state index in [0.717, 1.165) is 37.8 Å². The monoisotopic (exact) mass is 279 g/mol. The van der Waals surface area contributed by atoms with Gasteiger partial charge in [0, 0.05) is 18.5 Å². The molecule has 1 saturated heterocycles. The summed E-state index contributed by atoms with van der Waals surface area (Å²) in [4.78, 5) is 14.5. The molecule has 0 spiro atoms. The van der Waals surface area contributed by atoms with Crippen LogP contribution in [0.5, 0.6) is 0 Å². The van der Waals surface area contributed by atoms with Gasteiger partial charge in [-0.3, -0.25) is 4.79 Å². The number of carbonyl (C=O) groups excluding carboxylic acids is 1. The molecular formula is C16H22ClNO. The molecule has 1 aromatic rings. The zero-order valence-electron chi connectivity index (χ0n) is 11.6. The Bertz CT molecular complexity index is 433. The van der Waals surface area contributed by atoms with E-state index in [1.54, 1.807) is 0 Å². The van der Waals surface area contributed by atoms with Gasteiger partial charge in [0.25, 0.3) is 0 Å².